The molecule has 1 aliphatic rings. The molecule has 172 valence electrons. The van der Waals surface area contributed by atoms with Crippen LogP contribution in [-0.2, 0) is 21.2 Å². The quantitative estimate of drug-likeness (QED) is 0.551. The Balaban J connectivity index is 1.62. The van der Waals surface area contributed by atoms with Gasteiger partial charge in [0, 0.05) is 11.8 Å². The molecule has 3 aromatic carbocycles. The van der Waals surface area contributed by atoms with E-state index < -0.39 is 22.0 Å². The van der Waals surface area contributed by atoms with Crippen LogP contribution in [0, 0.1) is 20.8 Å². The van der Waals surface area contributed by atoms with Gasteiger partial charge < -0.3 is 14.8 Å². The van der Waals surface area contributed by atoms with E-state index in [1.54, 1.807) is 32.0 Å². The molecule has 8 heteroatoms. The molecule has 1 heterocycles. The fraction of sp³-hybridized carbons (Fsp3) is 0.240. The summed E-state index contributed by atoms with van der Waals surface area (Å²) in [5.41, 5.74) is 3.57. The van der Waals surface area contributed by atoms with Crippen LogP contribution in [0.25, 0.3) is 0 Å². The van der Waals surface area contributed by atoms with Gasteiger partial charge in [-0.3, -0.25) is 4.79 Å². The standard InChI is InChI=1S/C25H26N2O5S/c1-16-11-17(2)24(18(3)12-16)33(29,30)27-21(13-19-7-5-4-6-8-19)25(28)26-20-9-10-22-23(14-20)32-15-31-22/h4-12,14,21,27H,13,15H2,1-3H3,(H,26,28). The third kappa shape index (κ3) is 5.18. The second-order valence-electron chi connectivity index (χ2n) is 8.15. The summed E-state index contributed by atoms with van der Waals surface area (Å²) in [7, 11) is -3.96. The highest BCUT2D eigenvalue weighted by atomic mass is 32.2. The first-order valence-corrected chi connectivity index (χ1v) is 12.1. The van der Waals surface area contributed by atoms with Gasteiger partial charge in [-0.2, -0.15) is 4.72 Å². The summed E-state index contributed by atoms with van der Waals surface area (Å²) < 4.78 is 40.0. The first-order valence-electron chi connectivity index (χ1n) is 10.6. The van der Waals surface area contributed by atoms with Gasteiger partial charge in [0.15, 0.2) is 11.5 Å². The number of nitrogens with one attached hydrogen (secondary N) is 2. The summed E-state index contributed by atoms with van der Waals surface area (Å²) in [5, 5.41) is 2.80. The van der Waals surface area contributed by atoms with Crippen LogP contribution in [0.4, 0.5) is 5.69 Å². The van der Waals surface area contributed by atoms with E-state index in [0.717, 1.165) is 11.1 Å². The minimum atomic E-state index is -3.96. The van der Waals surface area contributed by atoms with Crippen LogP contribution >= 0.6 is 0 Å². The van der Waals surface area contributed by atoms with E-state index in [2.05, 4.69) is 10.0 Å². The lowest BCUT2D eigenvalue weighted by Crippen LogP contribution is -2.45. The van der Waals surface area contributed by atoms with Crippen LogP contribution in [0.15, 0.2) is 65.6 Å². The van der Waals surface area contributed by atoms with Crippen molar-refractivity contribution in [1.29, 1.82) is 0 Å². The van der Waals surface area contributed by atoms with Crippen molar-refractivity contribution >= 4 is 21.6 Å². The molecule has 1 aliphatic heterocycles. The SMILES string of the molecule is Cc1cc(C)c(S(=O)(=O)NC(Cc2ccccc2)C(=O)Nc2ccc3c(c2)OCO3)c(C)c1. The summed E-state index contributed by atoms with van der Waals surface area (Å²) >= 11 is 0. The molecule has 3 aromatic rings. The number of rotatable bonds is 7. The van der Waals surface area contributed by atoms with Crippen molar-refractivity contribution in [3.63, 3.8) is 0 Å². The average molecular weight is 467 g/mol. The first-order chi connectivity index (χ1) is 15.7. The fourth-order valence-electron chi connectivity index (χ4n) is 4.08. The number of ether oxygens (including phenoxy) is 2. The highest BCUT2D eigenvalue weighted by molar-refractivity contribution is 7.89. The van der Waals surface area contributed by atoms with Crippen LogP contribution < -0.4 is 19.5 Å². The number of aryl methyl sites for hydroxylation is 3. The van der Waals surface area contributed by atoms with E-state index in [9.17, 15) is 13.2 Å². The van der Waals surface area contributed by atoms with Crippen LogP contribution in [0.1, 0.15) is 22.3 Å². The third-order valence-corrected chi connectivity index (χ3v) is 7.19. The van der Waals surface area contributed by atoms with Gasteiger partial charge in [-0.15, -0.1) is 0 Å². The van der Waals surface area contributed by atoms with Crippen molar-refractivity contribution in [2.24, 2.45) is 0 Å². The molecule has 0 radical (unpaired) electrons. The number of fused-ring (bicyclic) bond motifs is 1. The van der Waals surface area contributed by atoms with Gasteiger partial charge in [-0.25, -0.2) is 8.42 Å². The Kier molecular flexibility index (Phi) is 6.40. The molecule has 0 spiro atoms. The first kappa shape index (κ1) is 22.8. The molecule has 0 fully saturated rings. The predicted molar refractivity (Wildman–Crippen MR) is 126 cm³/mol. The lowest BCUT2D eigenvalue weighted by molar-refractivity contribution is -0.117. The lowest BCUT2D eigenvalue weighted by atomic mass is 10.1. The topological polar surface area (TPSA) is 93.7 Å². The lowest BCUT2D eigenvalue weighted by Gasteiger charge is -2.21. The van der Waals surface area contributed by atoms with E-state index in [1.807, 2.05) is 49.4 Å². The van der Waals surface area contributed by atoms with Gasteiger partial charge in [0.2, 0.25) is 22.7 Å². The summed E-state index contributed by atoms with van der Waals surface area (Å²) in [5.74, 6) is 0.655. The van der Waals surface area contributed by atoms with Gasteiger partial charge >= 0.3 is 0 Å². The van der Waals surface area contributed by atoms with E-state index in [4.69, 9.17) is 9.47 Å². The number of hydrogen-bond donors (Lipinski definition) is 2. The largest absolute Gasteiger partial charge is 0.454 e. The molecular formula is C25H26N2O5S. The number of carbonyl (C=O) groups is 1. The van der Waals surface area contributed by atoms with Crippen molar-refractivity contribution in [2.75, 3.05) is 12.1 Å². The van der Waals surface area contributed by atoms with Crippen molar-refractivity contribution in [3.8, 4) is 11.5 Å². The van der Waals surface area contributed by atoms with Crippen molar-refractivity contribution in [3.05, 3.63) is 82.9 Å². The highest BCUT2D eigenvalue weighted by Crippen LogP contribution is 2.34. The molecule has 7 nitrogen and oxygen atoms in total. The number of sulfonamides is 1. The Morgan fingerprint density at radius 2 is 1.61 bits per heavy atom. The Morgan fingerprint density at radius 3 is 2.30 bits per heavy atom. The maximum absolute atomic E-state index is 13.4. The minimum Gasteiger partial charge on any atom is -0.454 e. The number of amides is 1. The van der Waals surface area contributed by atoms with Gasteiger partial charge in [-0.05, 0) is 56.0 Å². The maximum atomic E-state index is 13.4. The predicted octanol–water partition coefficient (Wildman–Crippen LogP) is 3.87. The molecule has 0 aliphatic carbocycles. The average Bonchev–Trinajstić information content (AvgIpc) is 3.20. The monoisotopic (exact) mass is 466 g/mol. The van der Waals surface area contributed by atoms with Crippen LogP contribution in [0.3, 0.4) is 0 Å². The molecule has 0 saturated heterocycles. The Bertz CT molecular complexity index is 1270. The molecule has 1 amide bonds. The second kappa shape index (κ2) is 9.25. The molecule has 0 aromatic heterocycles. The van der Waals surface area contributed by atoms with Crippen molar-refractivity contribution in [2.45, 2.75) is 38.1 Å². The van der Waals surface area contributed by atoms with Gasteiger partial charge in [0.1, 0.15) is 6.04 Å². The number of carbonyl (C=O) groups excluding carboxylic acids is 1. The molecule has 2 N–H and O–H groups in total. The van der Waals surface area contributed by atoms with Gasteiger partial charge in [0.05, 0.1) is 4.90 Å². The molecule has 0 bridgehead atoms. The van der Waals surface area contributed by atoms with Crippen molar-refractivity contribution in [1.82, 2.24) is 4.72 Å². The van der Waals surface area contributed by atoms with Crippen molar-refractivity contribution < 1.29 is 22.7 Å². The Morgan fingerprint density at radius 1 is 0.939 bits per heavy atom. The zero-order valence-corrected chi connectivity index (χ0v) is 19.5. The Hall–Kier alpha value is -3.36. The zero-order valence-electron chi connectivity index (χ0n) is 18.7. The van der Waals surface area contributed by atoms with E-state index in [1.165, 1.54) is 0 Å². The van der Waals surface area contributed by atoms with Crippen LogP contribution in [0.5, 0.6) is 11.5 Å². The molecule has 1 unspecified atom stereocenters. The van der Waals surface area contributed by atoms with Crippen LogP contribution in [0.2, 0.25) is 0 Å². The van der Waals surface area contributed by atoms with Crippen LogP contribution in [-0.4, -0.2) is 27.2 Å². The highest BCUT2D eigenvalue weighted by Gasteiger charge is 2.29. The molecule has 0 saturated carbocycles. The Labute approximate surface area is 193 Å². The smallest absolute Gasteiger partial charge is 0.242 e. The number of benzene rings is 3. The third-order valence-electron chi connectivity index (χ3n) is 5.41. The van der Waals surface area contributed by atoms with E-state index in [-0.39, 0.29) is 18.1 Å². The minimum absolute atomic E-state index is 0.123. The number of anilines is 1. The van der Waals surface area contributed by atoms with Gasteiger partial charge in [-0.1, -0.05) is 48.0 Å². The summed E-state index contributed by atoms with van der Waals surface area (Å²) in [6.45, 7) is 5.56. The van der Waals surface area contributed by atoms with Gasteiger partial charge in [0.25, 0.3) is 0 Å². The summed E-state index contributed by atoms with van der Waals surface area (Å²) in [6, 6.07) is 17.0. The molecule has 1 atom stereocenters. The molecular weight excluding hydrogens is 440 g/mol. The van der Waals surface area contributed by atoms with E-state index in [0.29, 0.717) is 28.3 Å². The zero-order chi connectivity index (χ0) is 23.6. The molecule has 4 rings (SSSR count). The summed E-state index contributed by atoms with van der Waals surface area (Å²) in [4.78, 5) is 13.4. The second-order valence-corrected chi connectivity index (χ2v) is 9.80. The summed E-state index contributed by atoms with van der Waals surface area (Å²) in [6.07, 6.45) is 0.195. The van der Waals surface area contributed by atoms with E-state index >= 15 is 0 Å². The normalized spacial score (nSPS) is 13.5. The number of hydrogen-bond acceptors (Lipinski definition) is 5. The maximum Gasteiger partial charge on any atom is 0.242 e. The fourth-order valence-corrected chi connectivity index (χ4v) is 5.73. The molecule has 33 heavy (non-hydrogen) atoms.